The molecule has 1 atom stereocenters. The largest absolute Gasteiger partial charge is 0.451 e. The van der Waals surface area contributed by atoms with Crippen LogP contribution in [0.4, 0.5) is 8.78 Å². The number of hydrogen-bond acceptors (Lipinski definition) is 5. The number of halogens is 2. The SMILES string of the molecule is O=C1CCC(N2Cc3cc(CNC(=O)c4cc5cc(F)ccc5o4)c(F)cc3C2=O)C(=O)N1. The summed E-state index contributed by atoms with van der Waals surface area (Å²) in [5.41, 5.74) is 1.17. The number of amides is 4. The van der Waals surface area contributed by atoms with Gasteiger partial charge in [0, 0.05) is 36.0 Å². The number of nitrogens with one attached hydrogen (secondary N) is 2. The number of fused-ring (bicyclic) bond motifs is 2. The van der Waals surface area contributed by atoms with Crippen LogP contribution in [0.15, 0.2) is 40.8 Å². The number of carbonyl (C=O) groups excluding carboxylic acids is 4. The van der Waals surface area contributed by atoms with Crippen LogP contribution in [0, 0.1) is 11.6 Å². The van der Waals surface area contributed by atoms with Crippen molar-refractivity contribution in [3.8, 4) is 0 Å². The van der Waals surface area contributed by atoms with Gasteiger partial charge < -0.3 is 14.6 Å². The minimum Gasteiger partial charge on any atom is -0.451 e. The molecule has 10 heteroatoms. The molecule has 2 aliphatic heterocycles. The molecule has 8 nitrogen and oxygen atoms in total. The van der Waals surface area contributed by atoms with E-state index in [1.807, 2.05) is 0 Å². The third kappa shape index (κ3) is 3.73. The normalized spacial score (nSPS) is 17.9. The predicted octanol–water partition coefficient (Wildman–Crippen LogP) is 2.40. The Morgan fingerprint density at radius 3 is 2.76 bits per heavy atom. The standard InChI is InChI=1S/C23H17F2N3O5/c24-14-1-3-18-11(6-14)7-19(33-18)22(31)26-9-12-5-13-10-28(23(32)15(13)8-16(12)25)17-2-4-20(29)27-21(17)30/h1,3,5-8,17H,2,4,9-10H2,(H,26,31)(H,27,29,30). The van der Waals surface area contributed by atoms with E-state index in [0.29, 0.717) is 16.5 Å². The molecule has 3 heterocycles. The monoisotopic (exact) mass is 453 g/mol. The molecule has 2 N–H and O–H groups in total. The van der Waals surface area contributed by atoms with Crippen molar-refractivity contribution in [3.63, 3.8) is 0 Å². The van der Waals surface area contributed by atoms with Crippen molar-refractivity contribution >= 4 is 34.6 Å². The Labute approximate surface area is 185 Å². The fraction of sp³-hybridized carbons (Fsp3) is 0.217. The van der Waals surface area contributed by atoms with E-state index in [1.165, 1.54) is 35.2 Å². The topological polar surface area (TPSA) is 109 Å². The number of imide groups is 1. The van der Waals surface area contributed by atoms with Gasteiger partial charge in [0.1, 0.15) is 23.3 Å². The second-order valence-corrected chi connectivity index (χ2v) is 7.98. The van der Waals surface area contributed by atoms with E-state index in [2.05, 4.69) is 10.6 Å². The van der Waals surface area contributed by atoms with Crippen LogP contribution >= 0.6 is 0 Å². The molecule has 3 aromatic rings. The van der Waals surface area contributed by atoms with E-state index < -0.39 is 35.4 Å². The zero-order chi connectivity index (χ0) is 23.3. The van der Waals surface area contributed by atoms with Crippen LogP contribution < -0.4 is 10.6 Å². The fourth-order valence-corrected chi connectivity index (χ4v) is 4.16. The maximum Gasteiger partial charge on any atom is 0.287 e. The molecule has 0 saturated carbocycles. The van der Waals surface area contributed by atoms with Crippen molar-refractivity contribution in [2.24, 2.45) is 0 Å². The zero-order valence-electron chi connectivity index (χ0n) is 17.1. The molecule has 2 aliphatic rings. The lowest BCUT2D eigenvalue weighted by molar-refractivity contribution is -0.136. The van der Waals surface area contributed by atoms with Gasteiger partial charge in [0.25, 0.3) is 11.8 Å². The average molecular weight is 453 g/mol. The van der Waals surface area contributed by atoms with E-state index in [1.54, 1.807) is 0 Å². The van der Waals surface area contributed by atoms with Crippen LogP contribution in [0.1, 0.15) is 44.9 Å². The number of rotatable bonds is 4. The third-order valence-corrected chi connectivity index (χ3v) is 5.83. The maximum atomic E-state index is 14.7. The molecule has 168 valence electrons. The van der Waals surface area contributed by atoms with Crippen molar-refractivity contribution in [1.82, 2.24) is 15.5 Å². The molecule has 1 aromatic heterocycles. The molecule has 2 aromatic carbocycles. The zero-order valence-corrected chi connectivity index (χ0v) is 17.1. The van der Waals surface area contributed by atoms with Crippen molar-refractivity contribution in [2.45, 2.75) is 32.0 Å². The van der Waals surface area contributed by atoms with E-state index in [9.17, 15) is 28.0 Å². The van der Waals surface area contributed by atoms with Crippen molar-refractivity contribution in [1.29, 1.82) is 0 Å². The second kappa shape index (κ2) is 7.80. The molecule has 0 radical (unpaired) electrons. The Kier molecular flexibility index (Phi) is 4.92. The molecule has 0 aliphatic carbocycles. The average Bonchev–Trinajstić information content (AvgIpc) is 3.33. The van der Waals surface area contributed by atoms with E-state index in [4.69, 9.17) is 4.42 Å². The van der Waals surface area contributed by atoms with Crippen molar-refractivity contribution < 1.29 is 32.4 Å². The number of piperidine rings is 1. The first-order valence-electron chi connectivity index (χ1n) is 10.2. The van der Waals surface area contributed by atoms with Crippen LogP contribution in [0.5, 0.6) is 0 Å². The van der Waals surface area contributed by atoms with Gasteiger partial charge in [-0.05, 0) is 48.4 Å². The number of carbonyl (C=O) groups is 4. The van der Waals surface area contributed by atoms with Gasteiger partial charge >= 0.3 is 0 Å². The second-order valence-electron chi connectivity index (χ2n) is 7.98. The highest BCUT2D eigenvalue weighted by Crippen LogP contribution is 2.29. The molecule has 1 unspecified atom stereocenters. The Morgan fingerprint density at radius 1 is 1.15 bits per heavy atom. The summed E-state index contributed by atoms with van der Waals surface area (Å²) in [6.45, 7) is -0.0766. The first-order chi connectivity index (χ1) is 15.8. The summed E-state index contributed by atoms with van der Waals surface area (Å²) in [5.74, 6) is -3.21. The van der Waals surface area contributed by atoms with Gasteiger partial charge in [-0.25, -0.2) is 8.78 Å². The number of hydrogen-bond donors (Lipinski definition) is 2. The number of furan rings is 1. The lowest BCUT2D eigenvalue weighted by Gasteiger charge is -2.29. The minimum absolute atomic E-state index is 0.0450. The first-order valence-corrected chi connectivity index (χ1v) is 10.2. The summed E-state index contributed by atoms with van der Waals surface area (Å²) in [4.78, 5) is 50.0. The van der Waals surface area contributed by atoms with Gasteiger partial charge in [-0.15, -0.1) is 0 Å². The summed E-state index contributed by atoms with van der Waals surface area (Å²) >= 11 is 0. The smallest absolute Gasteiger partial charge is 0.287 e. The van der Waals surface area contributed by atoms with Crippen molar-refractivity contribution in [3.05, 3.63) is 70.5 Å². The molecule has 1 saturated heterocycles. The van der Waals surface area contributed by atoms with Gasteiger partial charge in [0.05, 0.1) is 0 Å². The lowest BCUT2D eigenvalue weighted by atomic mass is 10.0. The van der Waals surface area contributed by atoms with Gasteiger partial charge in [0.2, 0.25) is 11.8 Å². The van der Waals surface area contributed by atoms with Gasteiger partial charge in [0.15, 0.2) is 5.76 Å². The lowest BCUT2D eigenvalue weighted by Crippen LogP contribution is -2.52. The summed E-state index contributed by atoms with van der Waals surface area (Å²) in [7, 11) is 0. The van der Waals surface area contributed by atoms with E-state index in [0.717, 1.165) is 6.07 Å². The highest BCUT2D eigenvalue weighted by molar-refractivity contribution is 6.05. The molecule has 33 heavy (non-hydrogen) atoms. The summed E-state index contributed by atoms with van der Waals surface area (Å²) < 4.78 is 33.4. The Bertz CT molecular complexity index is 1350. The molecule has 1 fully saturated rings. The Morgan fingerprint density at radius 2 is 1.97 bits per heavy atom. The van der Waals surface area contributed by atoms with E-state index >= 15 is 0 Å². The highest BCUT2D eigenvalue weighted by atomic mass is 19.1. The Balaban J connectivity index is 1.31. The minimum atomic E-state index is -0.799. The first kappa shape index (κ1) is 20.8. The van der Waals surface area contributed by atoms with Crippen LogP contribution in [0.3, 0.4) is 0 Å². The van der Waals surface area contributed by atoms with Crippen molar-refractivity contribution in [2.75, 3.05) is 0 Å². The number of nitrogens with zero attached hydrogens (tertiary/aromatic N) is 1. The molecule has 0 spiro atoms. The van der Waals surface area contributed by atoms with Gasteiger partial charge in [-0.1, -0.05) is 0 Å². The fourth-order valence-electron chi connectivity index (χ4n) is 4.16. The van der Waals surface area contributed by atoms with Gasteiger partial charge in [-0.2, -0.15) is 0 Å². The molecule has 0 bridgehead atoms. The van der Waals surface area contributed by atoms with Crippen LogP contribution in [-0.4, -0.2) is 34.6 Å². The third-order valence-electron chi connectivity index (χ3n) is 5.83. The summed E-state index contributed by atoms with van der Waals surface area (Å²) in [5, 5.41) is 5.20. The number of benzene rings is 2. The Hall–Kier alpha value is -4.08. The molecule has 5 rings (SSSR count). The molecular weight excluding hydrogens is 436 g/mol. The highest BCUT2D eigenvalue weighted by Gasteiger charge is 2.39. The van der Waals surface area contributed by atoms with Crippen LogP contribution in [-0.2, 0) is 22.7 Å². The quantitative estimate of drug-likeness (QED) is 0.590. The van der Waals surface area contributed by atoms with Crippen LogP contribution in [0.25, 0.3) is 11.0 Å². The summed E-state index contributed by atoms with van der Waals surface area (Å²) in [6.07, 6.45) is 0.327. The maximum absolute atomic E-state index is 14.7. The molecular formula is C23H17F2N3O5. The molecule has 4 amide bonds. The van der Waals surface area contributed by atoms with Gasteiger partial charge in [-0.3, -0.25) is 24.5 Å². The summed E-state index contributed by atoms with van der Waals surface area (Å²) in [6, 6.07) is 7.02. The van der Waals surface area contributed by atoms with Crippen LogP contribution in [0.2, 0.25) is 0 Å². The predicted molar refractivity (Wildman–Crippen MR) is 110 cm³/mol. The van der Waals surface area contributed by atoms with E-state index in [-0.39, 0.29) is 48.7 Å².